The summed E-state index contributed by atoms with van der Waals surface area (Å²) in [6.07, 6.45) is 4.42. The Labute approximate surface area is 167 Å². The quantitative estimate of drug-likeness (QED) is 0.592. The average molecular weight is 402 g/mol. The van der Waals surface area contributed by atoms with E-state index in [1.165, 1.54) is 11.8 Å². The van der Waals surface area contributed by atoms with Crippen LogP contribution in [0.15, 0.2) is 47.9 Å². The van der Waals surface area contributed by atoms with Crippen LogP contribution in [0.25, 0.3) is 11.4 Å². The summed E-state index contributed by atoms with van der Waals surface area (Å²) in [5.74, 6) is 0.882. The molecule has 0 aliphatic rings. The van der Waals surface area contributed by atoms with E-state index in [0.29, 0.717) is 15.9 Å². The SMILES string of the molecule is CCCn1c(SCC(=O)Nc2ccc(C)c(Cl)c2)nnc1-c1cccnc1. The summed E-state index contributed by atoms with van der Waals surface area (Å²) in [6.45, 7) is 4.79. The van der Waals surface area contributed by atoms with E-state index in [1.807, 2.05) is 35.8 Å². The van der Waals surface area contributed by atoms with Gasteiger partial charge < -0.3 is 9.88 Å². The first-order valence-corrected chi connectivity index (χ1v) is 9.97. The number of carbonyl (C=O) groups excluding carboxylic acids is 1. The molecular weight excluding hydrogens is 382 g/mol. The maximum Gasteiger partial charge on any atom is 0.234 e. The van der Waals surface area contributed by atoms with Crippen molar-refractivity contribution in [3.05, 3.63) is 53.3 Å². The monoisotopic (exact) mass is 401 g/mol. The first kappa shape index (κ1) is 19.4. The largest absolute Gasteiger partial charge is 0.325 e. The second kappa shape index (κ2) is 9.01. The number of aromatic nitrogens is 4. The van der Waals surface area contributed by atoms with E-state index in [4.69, 9.17) is 11.6 Å². The minimum atomic E-state index is -0.117. The van der Waals surface area contributed by atoms with Gasteiger partial charge in [-0.25, -0.2) is 0 Å². The number of pyridine rings is 1. The minimum absolute atomic E-state index is 0.117. The van der Waals surface area contributed by atoms with Crippen LogP contribution in [-0.4, -0.2) is 31.4 Å². The van der Waals surface area contributed by atoms with E-state index in [1.54, 1.807) is 18.5 Å². The first-order valence-electron chi connectivity index (χ1n) is 8.61. The summed E-state index contributed by atoms with van der Waals surface area (Å²) >= 11 is 7.46. The zero-order valence-electron chi connectivity index (χ0n) is 15.1. The molecule has 27 heavy (non-hydrogen) atoms. The molecule has 2 aromatic heterocycles. The third-order valence-corrected chi connectivity index (χ3v) is 5.25. The van der Waals surface area contributed by atoms with E-state index in [2.05, 4.69) is 27.4 Å². The second-order valence-corrected chi connectivity index (χ2v) is 7.35. The smallest absolute Gasteiger partial charge is 0.234 e. The molecule has 8 heteroatoms. The maximum atomic E-state index is 12.3. The summed E-state index contributed by atoms with van der Waals surface area (Å²) in [6, 6.07) is 9.28. The first-order chi connectivity index (χ1) is 13.1. The number of rotatable bonds is 7. The molecule has 0 spiro atoms. The Balaban J connectivity index is 1.69. The molecule has 0 fully saturated rings. The predicted octanol–water partition coefficient (Wildman–Crippen LogP) is 4.44. The van der Waals surface area contributed by atoms with Gasteiger partial charge in [0.15, 0.2) is 11.0 Å². The van der Waals surface area contributed by atoms with Crippen molar-refractivity contribution in [2.45, 2.75) is 32.0 Å². The zero-order valence-corrected chi connectivity index (χ0v) is 16.7. The second-order valence-electron chi connectivity index (χ2n) is 6.00. The molecule has 3 rings (SSSR count). The van der Waals surface area contributed by atoms with Gasteiger partial charge in [0.05, 0.1) is 5.75 Å². The number of benzene rings is 1. The minimum Gasteiger partial charge on any atom is -0.325 e. The molecule has 1 amide bonds. The summed E-state index contributed by atoms with van der Waals surface area (Å²) in [5, 5.41) is 12.8. The standard InChI is InChI=1S/C19H20ClN5OS/c1-3-9-25-18(14-5-4-8-21-11-14)23-24-19(25)27-12-17(26)22-15-7-6-13(2)16(20)10-15/h4-8,10-11H,3,9,12H2,1-2H3,(H,22,26). The fraction of sp³-hybridized carbons (Fsp3) is 0.263. The third kappa shape index (κ3) is 4.87. The summed E-state index contributed by atoms with van der Waals surface area (Å²) in [4.78, 5) is 16.4. The van der Waals surface area contributed by atoms with Gasteiger partial charge in [-0.2, -0.15) is 0 Å². The van der Waals surface area contributed by atoms with Crippen molar-refractivity contribution < 1.29 is 4.79 Å². The summed E-state index contributed by atoms with van der Waals surface area (Å²) in [5.41, 5.74) is 2.56. The molecule has 0 saturated carbocycles. The van der Waals surface area contributed by atoms with Crippen LogP contribution in [0.2, 0.25) is 5.02 Å². The Bertz CT molecular complexity index is 929. The Kier molecular flexibility index (Phi) is 6.47. The van der Waals surface area contributed by atoms with Crippen LogP contribution in [-0.2, 0) is 11.3 Å². The van der Waals surface area contributed by atoms with Crippen LogP contribution in [0.3, 0.4) is 0 Å². The van der Waals surface area contributed by atoms with Crippen molar-refractivity contribution in [3.8, 4) is 11.4 Å². The van der Waals surface area contributed by atoms with Gasteiger partial charge in [0, 0.05) is 35.2 Å². The average Bonchev–Trinajstić information content (AvgIpc) is 3.07. The van der Waals surface area contributed by atoms with Crippen LogP contribution < -0.4 is 5.32 Å². The van der Waals surface area contributed by atoms with Crippen molar-refractivity contribution >= 4 is 35.0 Å². The Hall–Kier alpha value is -2.38. The third-order valence-electron chi connectivity index (χ3n) is 3.87. The normalized spacial score (nSPS) is 10.8. The van der Waals surface area contributed by atoms with Crippen molar-refractivity contribution in [3.63, 3.8) is 0 Å². The highest BCUT2D eigenvalue weighted by atomic mass is 35.5. The van der Waals surface area contributed by atoms with E-state index in [9.17, 15) is 4.79 Å². The molecule has 2 heterocycles. The summed E-state index contributed by atoms with van der Waals surface area (Å²) in [7, 11) is 0. The molecule has 0 radical (unpaired) electrons. The number of aryl methyl sites for hydroxylation is 1. The molecule has 6 nitrogen and oxygen atoms in total. The molecular formula is C19H20ClN5OS. The number of carbonyl (C=O) groups is 1. The number of hydrogen-bond donors (Lipinski definition) is 1. The molecule has 0 bridgehead atoms. The van der Waals surface area contributed by atoms with Crippen LogP contribution in [0.4, 0.5) is 5.69 Å². The van der Waals surface area contributed by atoms with E-state index in [-0.39, 0.29) is 11.7 Å². The van der Waals surface area contributed by atoms with Gasteiger partial charge in [0.1, 0.15) is 0 Å². The lowest BCUT2D eigenvalue weighted by molar-refractivity contribution is -0.113. The van der Waals surface area contributed by atoms with E-state index < -0.39 is 0 Å². The maximum absolute atomic E-state index is 12.3. The highest BCUT2D eigenvalue weighted by molar-refractivity contribution is 7.99. The highest BCUT2D eigenvalue weighted by Gasteiger charge is 2.15. The molecule has 0 unspecified atom stereocenters. The lowest BCUT2D eigenvalue weighted by Gasteiger charge is -2.09. The van der Waals surface area contributed by atoms with Crippen molar-refractivity contribution in [1.29, 1.82) is 0 Å². The van der Waals surface area contributed by atoms with E-state index >= 15 is 0 Å². The van der Waals surface area contributed by atoms with Crippen LogP contribution >= 0.6 is 23.4 Å². The lowest BCUT2D eigenvalue weighted by atomic mass is 10.2. The van der Waals surface area contributed by atoms with E-state index in [0.717, 1.165) is 29.9 Å². The van der Waals surface area contributed by atoms with Gasteiger partial charge in [-0.1, -0.05) is 36.4 Å². The number of thioether (sulfide) groups is 1. The predicted molar refractivity (Wildman–Crippen MR) is 109 cm³/mol. The Morgan fingerprint density at radius 2 is 2.15 bits per heavy atom. The van der Waals surface area contributed by atoms with Crippen molar-refractivity contribution in [2.24, 2.45) is 0 Å². The lowest BCUT2D eigenvalue weighted by Crippen LogP contribution is -2.14. The fourth-order valence-corrected chi connectivity index (χ4v) is 3.47. The van der Waals surface area contributed by atoms with Crippen molar-refractivity contribution in [1.82, 2.24) is 19.7 Å². The van der Waals surface area contributed by atoms with Crippen LogP contribution in [0.5, 0.6) is 0 Å². The summed E-state index contributed by atoms with van der Waals surface area (Å²) < 4.78 is 2.03. The van der Waals surface area contributed by atoms with Gasteiger partial charge in [-0.3, -0.25) is 9.78 Å². The van der Waals surface area contributed by atoms with Gasteiger partial charge in [-0.05, 0) is 43.2 Å². The molecule has 0 aliphatic carbocycles. The van der Waals surface area contributed by atoms with Gasteiger partial charge in [0.2, 0.25) is 5.91 Å². The fourth-order valence-electron chi connectivity index (χ4n) is 2.53. The Morgan fingerprint density at radius 1 is 1.30 bits per heavy atom. The molecule has 0 aliphatic heterocycles. The molecule has 1 N–H and O–H groups in total. The van der Waals surface area contributed by atoms with Gasteiger partial charge in [-0.15, -0.1) is 10.2 Å². The molecule has 1 aromatic carbocycles. The number of nitrogens with one attached hydrogen (secondary N) is 1. The zero-order chi connectivity index (χ0) is 19.2. The molecule has 0 saturated heterocycles. The number of hydrogen-bond acceptors (Lipinski definition) is 5. The number of nitrogens with zero attached hydrogens (tertiary/aromatic N) is 4. The molecule has 140 valence electrons. The molecule has 0 atom stereocenters. The van der Waals surface area contributed by atoms with Gasteiger partial charge in [0.25, 0.3) is 0 Å². The van der Waals surface area contributed by atoms with Gasteiger partial charge >= 0.3 is 0 Å². The molecule has 3 aromatic rings. The number of anilines is 1. The topological polar surface area (TPSA) is 72.7 Å². The van der Waals surface area contributed by atoms with Crippen LogP contribution in [0, 0.1) is 6.92 Å². The highest BCUT2D eigenvalue weighted by Crippen LogP contribution is 2.24. The number of amides is 1. The Morgan fingerprint density at radius 3 is 2.85 bits per heavy atom. The number of halogens is 1. The van der Waals surface area contributed by atoms with Crippen LogP contribution in [0.1, 0.15) is 18.9 Å². The van der Waals surface area contributed by atoms with Crippen molar-refractivity contribution in [2.75, 3.05) is 11.1 Å².